The Morgan fingerprint density at radius 2 is 1.97 bits per heavy atom. The molecule has 2 heterocycles. The first kappa shape index (κ1) is 20.9. The topological polar surface area (TPSA) is 94.8 Å². The van der Waals surface area contributed by atoms with E-state index in [0.717, 1.165) is 22.4 Å². The number of nitriles is 1. The Bertz CT molecular complexity index is 1230. The molecule has 166 valence electrons. The van der Waals surface area contributed by atoms with Gasteiger partial charge in [-0.2, -0.15) is 5.26 Å². The minimum atomic E-state index is -0.339. The molecule has 0 saturated carbocycles. The number of hydrogen-bond donors (Lipinski definition) is 2. The zero-order valence-corrected chi connectivity index (χ0v) is 18.0. The Balaban J connectivity index is 1.40. The number of fused-ring (bicyclic) bond motifs is 1. The van der Waals surface area contributed by atoms with Gasteiger partial charge >= 0.3 is 0 Å². The summed E-state index contributed by atoms with van der Waals surface area (Å²) in [6, 6.07) is 20.6. The van der Waals surface area contributed by atoms with Gasteiger partial charge in [-0.25, -0.2) is 0 Å². The van der Waals surface area contributed by atoms with Crippen LogP contribution in [-0.4, -0.2) is 35.2 Å². The fraction of sp³-hybridized carbons (Fsp3) is 0.231. The minimum Gasteiger partial charge on any atom is -0.507 e. The lowest BCUT2D eigenvalue weighted by molar-refractivity contribution is 0.0210. The highest BCUT2D eigenvalue weighted by Crippen LogP contribution is 2.36. The van der Waals surface area contributed by atoms with E-state index in [9.17, 15) is 15.2 Å². The van der Waals surface area contributed by atoms with Crippen molar-refractivity contribution in [2.24, 2.45) is 0 Å². The Hall–Kier alpha value is -4.02. The molecule has 0 aliphatic carbocycles. The van der Waals surface area contributed by atoms with Gasteiger partial charge in [0, 0.05) is 18.8 Å². The number of benzene rings is 3. The highest BCUT2D eigenvalue weighted by molar-refractivity contribution is 6.00. The van der Waals surface area contributed by atoms with Gasteiger partial charge in [0.05, 0.1) is 30.9 Å². The Kier molecular flexibility index (Phi) is 5.59. The van der Waals surface area contributed by atoms with Crippen molar-refractivity contribution in [2.75, 3.05) is 18.5 Å². The van der Waals surface area contributed by atoms with Crippen molar-refractivity contribution in [1.82, 2.24) is 4.90 Å². The van der Waals surface area contributed by atoms with E-state index in [1.807, 2.05) is 54.6 Å². The first-order valence-corrected chi connectivity index (χ1v) is 10.8. The van der Waals surface area contributed by atoms with Crippen molar-refractivity contribution in [3.8, 4) is 17.6 Å². The number of nitrogens with one attached hydrogen (secondary N) is 1. The van der Waals surface area contributed by atoms with E-state index in [4.69, 9.17) is 9.47 Å². The van der Waals surface area contributed by atoms with E-state index in [1.54, 1.807) is 4.90 Å². The number of aromatic hydroxyl groups is 1. The predicted octanol–water partition coefficient (Wildman–Crippen LogP) is 3.81. The fourth-order valence-electron chi connectivity index (χ4n) is 4.13. The van der Waals surface area contributed by atoms with Gasteiger partial charge in [-0.1, -0.05) is 42.5 Å². The maximum absolute atomic E-state index is 13.5. The third-order valence-corrected chi connectivity index (χ3v) is 5.93. The standard InChI is InChI=1S/C26H23N3O4/c27-11-18-9-23(30)25(24(10-18)33-14-17-5-2-1-3-6-17)26(31)29-12-19-7-4-8-22(21(19)13-29)28-20-15-32-16-20/h1-10,20,28,30H,12-16H2. The maximum atomic E-state index is 13.5. The van der Waals surface area contributed by atoms with Crippen LogP contribution in [0.5, 0.6) is 11.5 Å². The summed E-state index contributed by atoms with van der Waals surface area (Å²) in [5, 5.41) is 23.5. The molecule has 0 unspecified atom stereocenters. The van der Waals surface area contributed by atoms with Crippen LogP contribution < -0.4 is 10.1 Å². The van der Waals surface area contributed by atoms with Gasteiger partial charge in [0.1, 0.15) is 23.7 Å². The van der Waals surface area contributed by atoms with Crippen molar-refractivity contribution in [3.63, 3.8) is 0 Å². The third kappa shape index (κ3) is 4.21. The molecule has 0 aromatic heterocycles. The van der Waals surface area contributed by atoms with Gasteiger partial charge in [0.2, 0.25) is 0 Å². The normalized spacial score (nSPS) is 14.8. The average Bonchev–Trinajstić information content (AvgIpc) is 3.25. The lowest BCUT2D eigenvalue weighted by atomic mass is 10.1. The highest BCUT2D eigenvalue weighted by Gasteiger charge is 2.31. The first-order chi connectivity index (χ1) is 16.1. The van der Waals surface area contributed by atoms with Gasteiger partial charge in [0.15, 0.2) is 0 Å². The van der Waals surface area contributed by atoms with Crippen molar-refractivity contribution >= 4 is 11.6 Å². The number of rotatable bonds is 6. The largest absolute Gasteiger partial charge is 0.507 e. The molecule has 2 aliphatic rings. The molecule has 0 spiro atoms. The average molecular weight is 441 g/mol. The molecule has 3 aromatic carbocycles. The summed E-state index contributed by atoms with van der Waals surface area (Å²) < 4.78 is 11.2. The van der Waals surface area contributed by atoms with Crippen molar-refractivity contribution < 1.29 is 19.4 Å². The molecule has 3 aromatic rings. The third-order valence-electron chi connectivity index (χ3n) is 5.93. The van der Waals surface area contributed by atoms with Crippen molar-refractivity contribution in [2.45, 2.75) is 25.7 Å². The van der Waals surface area contributed by atoms with E-state index in [2.05, 4.69) is 5.32 Å². The van der Waals surface area contributed by atoms with E-state index >= 15 is 0 Å². The van der Waals surface area contributed by atoms with Crippen molar-refractivity contribution in [3.05, 3.63) is 88.5 Å². The van der Waals surface area contributed by atoms with Crippen LogP contribution in [0.4, 0.5) is 5.69 Å². The predicted molar refractivity (Wildman–Crippen MR) is 122 cm³/mol. The zero-order chi connectivity index (χ0) is 22.8. The molecule has 7 nitrogen and oxygen atoms in total. The SMILES string of the molecule is N#Cc1cc(O)c(C(=O)N2Cc3cccc(NC4COC4)c3C2)c(OCc2ccccc2)c1. The van der Waals surface area contributed by atoms with Crippen LogP contribution in [0.3, 0.4) is 0 Å². The van der Waals surface area contributed by atoms with Gasteiger partial charge < -0.3 is 24.8 Å². The molecule has 0 bridgehead atoms. The summed E-state index contributed by atoms with van der Waals surface area (Å²) in [7, 11) is 0. The number of ether oxygens (including phenoxy) is 2. The molecule has 5 rings (SSSR count). The number of amides is 1. The number of carbonyl (C=O) groups excluding carboxylic acids is 1. The van der Waals surface area contributed by atoms with Gasteiger partial charge in [-0.3, -0.25) is 4.79 Å². The fourth-order valence-corrected chi connectivity index (χ4v) is 4.13. The number of hydrogen-bond acceptors (Lipinski definition) is 6. The molecule has 2 N–H and O–H groups in total. The summed E-state index contributed by atoms with van der Waals surface area (Å²) in [5.41, 5.74) is 4.35. The molecular formula is C26H23N3O4. The van der Waals surface area contributed by atoms with E-state index in [0.29, 0.717) is 26.3 Å². The molecule has 7 heteroatoms. The van der Waals surface area contributed by atoms with Crippen LogP contribution >= 0.6 is 0 Å². The molecule has 0 atom stereocenters. The molecule has 1 fully saturated rings. The summed E-state index contributed by atoms with van der Waals surface area (Å²) in [4.78, 5) is 15.2. The van der Waals surface area contributed by atoms with Crippen molar-refractivity contribution in [1.29, 1.82) is 5.26 Å². The molecule has 33 heavy (non-hydrogen) atoms. The van der Waals surface area contributed by atoms with Crippen LogP contribution in [0.25, 0.3) is 0 Å². The number of phenols is 1. The molecule has 0 radical (unpaired) electrons. The van der Waals surface area contributed by atoms with Crippen LogP contribution in [0.1, 0.15) is 32.6 Å². The summed E-state index contributed by atoms with van der Waals surface area (Å²) >= 11 is 0. The number of anilines is 1. The van der Waals surface area contributed by atoms with E-state index in [-0.39, 0.29) is 41.2 Å². The van der Waals surface area contributed by atoms with Gasteiger partial charge in [-0.15, -0.1) is 0 Å². The van der Waals surface area contributed by atoms with Gasteiger partial charge in [-0.05, 0) is 34.9 Å². The second-order valence-corrected chi connectivity index (χ2v) is 8.24. The van der Waals surface area contributed by atoms with E-state index < -0.39 is 0 Å². The summed E-state index contributed by atoms with van der Waals surface area (Å²) in [6.45, 7) is 2.42. The lowest BCUT2D eigenvalue weighted by Gasteiger charge is -2.28. The van der Waals surface area contributed by atoms with Crippen LogP contribution in [0.15, 0.2) is 60.7 Å². The second kappa shape index (κ2) is 8.85. The van der Waals surface area contributed by atoms with Crippen LogP contribution in [-0.2, 0) is 24.4 Å². The number of carbonyl (C=O) groups is 1. The molecule has 1 saturated heterocycles. The Morgan fingerprint density at radius 3 is 2.70 bits per heavy atom. The summed E-state index contributed by atoms with van der Waals surface area (Å²) in [5.74, 6) is -0.404. The number of phenolic OH excluding ortho intramolecular Hbond substituents is 1. The van der Waals surface area contributed by atoms with Gasteiger partial charge in [0.25, 0.3) is 5.91 Å². The zero-order valence-electron chi connectivity index (χ0n) is 18.0. The van der Waals surface area contributed by atoms with Crippen LogP contribution in [0.2, 0.25) is 0 Å². The molecule has 1 amide bonds. The first-order valence-electron chi connectivity index (χ1n) is 10.8. The smallest absolute Gasteiger partial charge is 0.262 e. The Morgan fingerprint density at radius 1 is 1.15 bits per heavy atom. The summed E-state index contributed by atoms with van der Waals surface area (Å²) in [6.07, 6.45) is 0. The maximum Gasteiger partial charge on any atom is 0.262 e. The monoisotopic (exact) mass is 441 g/mol. The molecule has 2 aliphatic heterocycles. The Labute approximate surface area is 191 Å². The van der Waals surface area contributed by atoms with E-state index in [1.165, 1.54) is 12.1 Å². The second-order valence-electron chi connectivity index (χ2n) is 8.24. The quantitative estimate of drug-likeness (QED) is 0.604. The number of nitrogens with zero attached hydrogens (tertiary/aromatic N) is 2. The minimum absolute atomic E-state index is 0.0691. The highest BCUT2D eigenvalue weighted by atomic mass is 16.5. The molecular weight excluding hydrogens is 418 g/mol. The van der Waals surface area contributed by atoms with Crippen LogP contribution in [0, 0.1) is 11.3 Å². The lowest BCUT2D eigenvalue weighted by Crippen LogP contribution is -2.40.